The van der Waals surface area contributed by atoms with Crippen molar-refractivity contribution in [1.82, 2.24) is 10.6 Å². The van der Waals surface area contributed by atoms with Crippen LogP contribution >= 0.6 is 0 Å². The maximum Gasteiger partial charge on any atom is 0.261 e. The van der Waals surface area contributed by atoms with Crippen molar-refractivity contribution in [1.29, 1.82) is 0 Å². The summed E-state index contributed by atoms with van der Waals surface area (Å²) >= 11 is 0. The summed E-state index contributed by atoms with van der Waals surface area (Å²) < 4.78 is 28.1. The molecule has 2 N–H and O–H groups in total. The molecule has 0 bridgehead atoms. The summed E-state index contributed by atoms with van der Waals surface area (Å²) in [6, 6.07) is -0.146. The highest BCUT2D eigenvalue weighted by Crippen LogP contribution is 2.08. The first-order valence-corrected chi connectivity index (χ1v) is 6.07. The van der Waals surface area contributed by atoms with E-state index in [4.69, 9.17) is 0 Å². The van der Waals surface area contributed by atoms with Gasteiger partial charge in [0.25, 0.3) is 6.43 Å². The Balaban J connectivity index is 2.07. The molecule has 0 aliphatic carbocycles. The first-order chi connectivity index (χ1) is 8.20. The molecule has 1 aliphatic heterocycles. The van der Waals surface area contributed by atoms with E-state index in [1.807, 2.05) is 0 Å². The van der Waals surface area contributed by atoms with Crippen molar-refractivity contribution in [2.45, 2.75) is 38.2 Å². The number of halogens is 2. The second-order valence-corrected chi connectivity index (χ2v) is 4.11. The summed E-state index contributed by atoms with van der Waals surface area (Å²) in [4.78, 5) is 11.7. The Morgan fingerprint density at radius 3 is 3.00 bits per heavy atom. The SMILES string of the molecule is O=C(NCCOCC(F)F)C1CCCCCN1. The Labute approximate surface area is 100 Å². The van der Waals surface area contributed by atoms with E-state index in [2.05, 4.69) is 15.4 Å². The highest BCUT2D eigenvalue weighted by molar-refractivity contribution is 5.81. The van der Waals surface area contributed by atoms with Gasteiger partial charge in [0.05, 0.1) is 12.6 Å². The van der Waals surface area contributed by atoms with Crippen LogP contribution in [-0.4, -0.2) is 44.7 Å². The minimum absolute atomic E-state index is 0.0625. The van der Waals surface area contributed by atoms with Crippen LogP contribution in [0.1, 0.15) is 25.7 Å². The molecular weight excluding hydrogens is 230 g/mol. The fraction of sp³-hybridized carbons (Fsp3) is 0.909. The molecule has 1 aliphatic rings. The van der Waals surface area contributed by atoms with Crippen LogP contribution in [0.3, 0.4) is 0 Å². The maximum atomic E-state index is 11.7. The van der Waals surface area contributed by atoms with Gasteiger partial charge in [0, 0.05) is 6.54 Å². The first-order valence-electron chi connectivity index (χ1n) is 6.07. The Bertz CT molecular complexity index is 220. The van der Waals surface area contributed by atoms with Gasteiger partial charge in [0.2, 0.25) is 5.91 Å². The van der Waals surface area contributed by atoms with Crippen LogP contribution in [0.4, 0.5) is 8.78 Å². The van der Waals surface area contributed by atoms with Crippen molar-refractivity contribution in [3.63, 3.8) is 0 Å². The third kappa shape index (κ3) is 6.53. The number of rotatable bonds is 6. The molecule has 1 unspecified atom stereocenters. The van der Waals surface area contributed by atoms with Crippen LogP contribution < -0.4 is 10.6 Å². The molecule has 0 aromatic heterocycles. The predicted octanol–water partition coefficient (Wildman–Crippen LogP) is 0.916. The van der Waals surface area contributed by atoms with E-state index < -0.39 is 13.0 Å². The summed E-state index contributed by atoms with van der Waals surface area (Å²) in [5, 5.41) is 5.85. The molecule has 1 heterocycles. The Morgan fingerprint density at radius 2 is 2.24 bits per heavy atom. The predicted molar refractivity (Wildman–Crippen MR) is 60.1 cm³/mol. The van der Waals surface area contributed by atoms with Crippen LogP contribution in [0.2, 0.25) is 0 Å². The fourth-order valence-corrected chi connectivity index (χ4v) is 1.79. The number of hydrogen-bond donors (Lipinski definition) is 2. The molecule has 1 rings (SSSR count). The highest BCUT2D eigenvalue weighted by Gasteiger charge is 2.18. The molecule has 0 radical (unpaired) electrons. The van der Waals surface area contributed by atoms with E-state index in [0.29, 0.717) is 0 Å². The van der Waals surface area contributed by atoms with E-state index in [0.717, 1.165) is 32.2 Å². The standard InChI is InChI=1S/C11H20F2N2O2/c12-10(13)8-17-7-6-15-11(16)9-4-2-1-3-5-14-9/h9-10,14H,1-8H2,(H,15,16). The normalized spacial score (nSPS) is 21.2. The quantitative estimate of drug-likeness (QED) is 0.689. The minimum atomic E-state index is -2.45. The number of carbonyl (C=O) groups is 1. The summed E-state index contributed by atoms with van der Waals surface area (Å²) in [5.74, 6) is -0.0625. The topological polar surface area (TPSA) is 50.4 Å². The van der Waals surface area contributed by atoms with E-state index >= 15 is 0 Å². The van der Waals surface area contributed by atoms with E-state index in [1.165, 1.54) is 0 Å². The van der Waals surface area contributed by atoms with Crippen molar-refractivity contribution >= 4 is 5.91 Å². The lowest BCUT2D eigenvalue weighted by atomic mass is 10.1. The van der Waals surface area contributed by atoms with Crippen LogP contribution in [-0.2, 0) is 9.53 Å². The number of alkyl halides is 2. The number of amides is 1. The van der Waals surface area contributed by atoms with Crippen LogP contribution in [0, 0.1) is 0 Å². The van der Waals surface area contributed by atoms with Gasteiger partial charge in [-0.15, -0.1) is 0 Å². The van der Waals surface area contributed by atoms with Crippen molar-refractivity contribution < 1.29 is 18.3 Å². The molecule has 1 fully saturated rings. The summed E-state index contributed by atoms with van der Waals surface area (Å²) in [5.41, 5.74) is 0. The van der Waals surface area contributed by atoms with E-state index in [-0.39, 0.29) is 25.1 Å². The lowest BCUT2D eigenvalue weighted by molar-refractivity contribution is -0.123. The van der Waals surface area contributed by atoms with Gasteiger partial charge in [0.15, 0.2) is 0 Å². The fourth-order valence-electron chi connectivity index (χ4n) is 1.79. The van der Waals surface area contributed by atoms with Crippen molar-refractivity contribution in [3.05, 3.63) is 0 Å². The first kappa shape index (κ1) is 14.3. The maximum absolute atomic E-state index is 11.7. The molecule has 17 heavy (non-hydrogen) atoms. The van der Waals surface area contributed by atoms with Crippen LogP contribution in [0.5, 0.6) is 0 Å². The van der Waals surface area contributed by atoms with Gasteiger partial charge in [-0.1, -0.05) is 12.8 Å². The molecule has 0 spiro atoms. The molecule has 100 valence electrons. The second kappa shape index (κ2) is 8.36. The Kier molecular flexibility index (Phi) is 7.04. The molecule has 4 nitrogen and oxygen atoms in total. The molecule has 1 amide bonds. The van der Waals surface area contributed by atoms with E-state index in [9.17, 15) is 13.6 Å². The molecule has 1 atom stereocenters. The lowest BCUT2D eigenvalue weighted by Crippen LogP contribution is -2.44. The molecule has 6 heteroatoms. The summed E-state index contributed by atoms with van der Waals surface area (Å²) in [7, 11) is 0. The van der Waals surface area contributed by atoms with Crippen molar-refractivity contribution in [3.8, 4) is 0 Å². The molecular formula is C11H20F2N2O2. The largest absolute Gasteiger partial charge is 0.374 e. The van der Waals surface area contributed by atoms with Gasteiger partial charge in [-0.25, -0.2) is 8.78 Å². The zero-order valence-electron chi connectivity index (χ0n) is 9.88. The van der Waals surface area contributed by atoms with Crippen LogP contribution in [0.15, 0.2) is 0 Å². The summed E-state index contributed by atoms with van der Waals surface area (Å²) in [6.45, 7) is 0.698. The Morgan fingerprint density at radius 1 is 1.41 bits per heavy atom. The van der Waals surface area contributed by atoms with Gasteiger partial charge >= 0.3 is 0 Å². The lowest BCUT2D eigenvalue weighted by Gasteiger charge is -2.15. The van der Waals surface area contributed by atoms with Gasteiger partial charge in [0.1, 0.15) is 6.61 Å². The second-order valence-electron chi connectivity index (χ2n) is 4.11. The monoisotopic (exact) mass is 250 g/mol. The van der Waals surface area contributed by atoms with E-state index in [1.54, 1.807) is 0 Å². The number of nitrogens with one attached hydrogen (secondary N) is 2. The van der Waals surface area contributed by atoms with Crippen molar-refractivity contribution in [2.75, 3.05) is 26.3 Å². The van der Waals surface area contributed by atoms with Crippen LogP contribution in [0.25, 0.3) is 0 Å². The Hall–Kier alpha value is -0.750. The number of hydrogen-bond acceptors (Lipinski definition) is 3. The minimum Gasteiger partial charge on any atom is -0.374 e. The van der Waals surface area contributed by atoms with Gasteiger partial charge in [-0.3, -0.25) is 4.79 Å². The molecule has 0 saturated carbocycles. The number of ether oxygens (including phenoxy) is 1. The zero-order chi connectivity index (χ0) is 12.5. The summed E-state index contributed by atoms with van der Waals surface area (Å²) in [6.07, 6.45) is 1.68. The molecule has 1 saturated heterocycles. The smallest absolute Gasteiger partial charge is 0.261 e. The third-order valence-electron chi connectivity index (χ3n) is 2.67. The zero-order valence-corrected chi connectivity index (χ0v) is 9.88. The van der Waals surface area contributed by atoms with Gasteiger partial charge in [-0.05, 0) is 19.4 Å². The highest BCUT2D eigenvalue weighted by atomic mass is 19.3. The molecule has 0 aromatic carbocycles. The van der Waals surface area contributed by atoms with Gasteiger partial charge in [-0.2, -0.15) is 0 Å². The average molecular weight is 250 g/mol. The van der Waals surface area contributed by atoms with Crippen molar-refractivity contribution in [2.24, 2.45) is 0 Å². The number of carbonyl (C=O) groups excluding carboxylic acids is 1. The molecule has 0 aromatic rings. The average Bonchev–Trinajstić information content (AvgIpc) is 2.56. The van der Waals surface area contributed by atoms with Gasteiger partial charge < -0.3 is 15.4 Å². The third-order valence-corrected chi connectivity index (χ3v) is 2.67.